The van der Waals surface area contributed by atoms with Crippen molar-refractivity contribution in [2.24, 2.45) is 4.99 Å². The summed E-state index contributed by atoms with van der Waals surface area (Å²) in [5.74, 6) is 0.704. The van der Waals surface area contributed by atoms with Gasteiger partial charge in [-0.1, -0.05) is 41.6 Å². The molecule has 168 valence electrons. The minimum absolute atomic E-state index is 0.0913. The minimum atomic E-state index is -0.642. The van der Waals surface area contributed by atoms with Crippen LogP contribution in [0.2, 0.25) is 5.02 Å². The van der Waals surface area contributed by atoms with E-state index >= 15 is 0 Å². The molecular formula is C24H20ClN3O4S. The third-order valence-corrected chi connectivity index (χ3v) is 6.31. The van der Waals surface area contributed by atoms with Crippen molar-refractivity contribution in [1.29, 1.82) is 0 Å². The van der Waals surface area contributed by atoms with Crippen molar-refractivity contribution in [3.63, 3.8) is 0 Å². The fourth-order valence-corrected chi connectivity index (χ4v) is 4.68. The summed E-state index contributed by atoms with van der Waals surface area (Å²) in [5.41, 5.74) is 2.50. The van der Waals surface area contributed by atoms with E-state index < -0.39 is 11.0 Å². The first-order valence-electron chi connectivity index (χ1n) is 10.0. The first kappa shape index (κ1) is 22.8. The Kier molecular flexibility index (Phi) is 6.40. The van der Waals surface area contributed by atoms with Crippen molar-refractivity contribution in [1.82, 2.24) is 0 Å². The number of thioether (sulfide) groups is 1. The lowest BCUT2D eigenvalue weighted by Crippen LogP contribution is -2.34. The zero-order valence-electron chi connectivity index (χ0n) is 18.1. The monoisotopic (exact) mass is 481 g/mol. The molecule has 0 saturated heterocycles. The van der Waals surface area contributed by atoms with Crippen LogP contribution in [-0.2, 0) is 4.79 Å². The molecule has 2 aromatic carbocycles. The Morgan fingerprint density at radius 1 is 1.18 bits per heavy atom. The van der Waals surface area contributed by atoms with Crippen LogP contribution < -0.4 is 4.90 Å². The zero-order valence-corrected chi connectivity index (χ0v) is 19.7. The van der Waals surface area contributed by atoms with Crippen molar-refractivity contribution in [2.75, 3.05) is 11.2 Å². The van der Waals surface area contributed by atoms with Gasteiger partial charge in [0.1, 0.15) is 17.6 Å². The van der Waals surface area contributed by atoms with Crippen LogP contribution in [0, 0.1) is 10.1 Å². The Bertz CT molecular complexity index is 1300. The predicted molar refractivity (Wildman–Crippen MR) is 132 cm³/mol. The lowest BCUT2D eigenvalue weighted by molar-refractivity contribution is -0.384. The Hall–Kier alpha value is -3.36. The molecule has 0 spiro atoms. The molecular weight excluding hydrogens is 462 g/mol. The normalized spacial score (nSPS) is 16.1. The molecule has 4 rings (SSSR count). The van der Waals surface area contributed by atoms with Crippen molar-refractivity contribution in [2.45, 2.75) is 19.9 Å². The zero-order chi connectivity index (χ0) is 23.7. The lowest BCUT2D eigenvalue weighted by Gasteiger charge is -2.33. The van der Waals surface area contributed by atoms with Gasteiger partial charge in [0.15, 0.2) is 11.0 Å². The van der Waals surface area contributed by atoms with Gasteiger partial charge in [0, 0.05) is 34.7 Å². The molecule has 0 radical (unpaired) electrons. The van der Waals surface area contributed by atoms with Gasteiger partial charge in [-0.3, -0.25) is 19.8 Å². The SMILES string of the molecule is CSC1=N[C@@H](c2ccc(-c3cc([N+](=O)[O-])ccc3Cl)o2)C(C(C)=O)=C(C)N1c1ccccc1. The summed E-state index contributed by atoms with van der Waals surface area (Å²) in [4.78, 5) is 30.2. The van der Waals surface area contributed by atoms with E-state index in [2.05, 4.69) is 0 Å². The molecule has 3 aromatic rings. The number of carbonyl (C=O) groups excluding carboxylic acids is 1. The number of anilines is 1. The van der Waals surface area contributed by atoms with Gasteiger partial charge in [0.05, 0.1) is 9.95 Å². The largest absolute Gasteiger partial charge is 0.458 e. The van der Waals surface area contributed by atoms with Crippen LogP contribution in [0.15, 0.2) is 81.3 Å². The van der Waals surface area contributed by atoms with E-state index in [0.717, 1.165) is 16.6 Å². The molecule has 0 unspecified atom stereocenters. The average Bonchev–Trinajstić information content (AvgIpc) is 3.28. The number of benzene rings is 2. The third-order valence-electron chi connectivity index (χ3n) is 5.33. The lowest BCUT2D eigenvalue weighted by atomic mass is 9.97. The number of allylic oxidation sites excluding steroid dienone is 1. The first-order valence-corrected chi connectivity index (χ1v) is 11.6. The fourth-order valence-electron chi connectivity index (χ4n) is 3.83. The first-order chi connectivity index (χ1) is 15.8. The van der Waals surface area contributed by atoms with E-state index in [1.807, 2.05) is 48.4 Å². The summed E-state index contributed by atoms with van der Waals surface area (Å²) in [6.45, 7) is 3.40. The van der Waals surface area contributed by atoms with Gasteiger partial charge in [-0.25, -0.2) is 4.99 Å². The van der Waals surface area contributed by atoms with Crippen molar-refractivity contribution in [3.8, 4) is 11.3 Å². The molecule has 1 aromatic heterocycles. The van der Waals surface area contributed by atoms with Crippen LogP contribution in [0.25, 0.3) is 11.3 Å². The summed E-state index contributed by atoms with van der Waals surface area (Å²) in [6.07, 6.45) is 1.92. The van der Waals surface area contributed by atoms with Gasteiger partial charge < -0.3 is 4.42 Å². The van der Waals surface area contributed by atoms with E-state index in [1.54, 1.807) is 12.1 Å². The molecule has 0 amide bonds. The minimum Gasteiger partial charge on any atom is -0.458 e. The van der Waals surface area contributed by atoms with E-state index in [4.69, 9.17) is 21.0 Å². The predicted octanol–water partition coefficient (Wildman–Crippen LogP) is 6.65. The summed E-state index contributed by atoms with van der Waals surface area (Å²) >= 11 is 7.75. The molecule has 1 atom stereocenters. The van der Waals surface area contributed by atoms with Gasteiger partial charge in [-0.15, -0.1) is 0 Å². The van der Waals surface area contributed by atoms with Crippen molar-refractivity contribution >= 4 is 45.7 Å². The topological polar surface area (TPSA) is 89.0 Å². The molecule has 1 aliphatic heterocycles. The van der Waals surface area contributed by atoms with Crippen molar-refractivity contribution < 1.29 is 14.1 Å². The highest BCUT2D eigenvalue weighted by Crippen LogP contribution is 2.41. The molecule has 0 N–H and O–H groups in total. The van der Waals surface area contributed by atoms with Crippen LogP contribution in [0.1, 0.15) is 25.6 Å². The highest BCUT2D eigenvalue weighted by atomic mass is 35.5. The smallest absolute Gasteiger partial charge is 0.270 e. The number of hydrogen-bond acceptors (Lipinski definition) is 7. The molecule has 2 heterocycles. The number of nitro groups is 1. The molecule has 0 aliphatic carbocycles. The number of Topliss-reactive ketones (excluding diaryl/α,β-unsaturated/α-hetero) is 1. The van der Waals surface area contributed by atoms with Gasteiger partial charge in [-0.2, -0.15) is 0 Å². The van der Waals surface area contributed by atoms with E-state index in [0.29, 0.717) is 27.7 Å². The molecule has 0 fully saturated rings. The van der Waals surface area contributed by atoms with Crippen molar-refractivity contribution in [3.05, 3.63) is 92.8 Å². The van der Waals surface area contributed by atoms with Gasteiger partial charge in [0.25, 0.3) is 5.69 Å². The number of carbonyl (C=O) groups is 1. The maximum Gasteiger partial charge on any atom is 0.270 e. The Morgan fingerprint density at radius 2 is 1.91 bits per heavy atom. The maximum atomic E-state index is 12.7. The summed E-state index contributed by atoms with van der Waals surface area (Å²) < 4.78 is 6.06. The second-order valence-corrected chi connectivity index (χ2v) is 8.55. The van der Waals surface area contributed by atoms with E-state index in [9.17, 15) is 14.9 Å². The standard InChI is InChI=1S/C24H20ClN3O4S/c1-14-22(15(2)29)23(26-24(33-3)27(14)16-7-5-4-6-8-16)21-12-11-20(32-21)18-13-17(28(30)31)9-10-19(18)25/h4-13,23H,1-3H3/t23-/m0/s1. The second kappa shape index (κ2) is 9.25. The number of nitro benzene ring substituents is 1. The number of hydrogen-bond donors (Lipinski definition) is 0. The molecule has 0 saturated carbocycles. The molecule has 33 heavy (non-hydrogen) atoms. The average molecular weight is 482 g/mol. The number of furan rings is 1. The number of non-ortho nitro benzene ring substituents is 1. The number of aliphatic imine (C=N–C) groups is 1. The Morgan fingerprint density at radius 3 is 2.55 bits per heavy atom. The highest BCUT2D eigenvalue weighted by molar-refractivity contribution is 8.13. The Balaban J connectivity index is 1.80. The number of amidine groups is 1. The van der Waals surface area contributed by atoms with Crippen LogP contribution >= 0.6 is 23.4 Å². The van der Waals surface area contributed by atoms with Gasteiger partial charge >= 0.3 is 0 Å². The summed E-state index contributed by atoms with van der Waals surface area (Å²) in [5, 5.41) is 12.2. The number of nitrogens with zero attached hydrogens (tertiary/aromatic N) is 3. The number of ketones is 1. The number of para-hydroxylation sites is 1. The van der Waals surface area contributed by atoms with E-state index in [1.165, 1.54) is 36.9 Å². The molecule has 1 aliphatic rings. The molecule has 0 bridgehead atoms. The van der Waals surface area contributed by atoms with Gasteiger partial charge in [0.2, 0.25) is 0 Å². The van der Waals surface area contributed by atoms with Gasteiger partial charge in [-0.05, 0) is 50.4 Å². The highest BCUT2D eigenvalue weighted by Gasteiger charge is 2.34. The number of rotatable bonds is 5. The Labute approximate surface area is 199 Å². The quantitative estimate of drug-likeness (QED) is 0.299. The van der Waals surface area contributed by atoms with Crippen LogP contribution in [0.4, 0.5) is 11.4 Å². The summed E-state index contributed by atoms with van der Waals surface area (Å²) in [7, 11) is 0. The van der Waals surface area contributed by atoms with Crippen LogP contribution in [0.3, 0.4) is 0 Å². The third kappa shape index (κ3) is 4.31. The van der Waals surface area contributed by atoms with E-state index in [-0.39, 0.29) is 11.5 Å². The summed E-state index contributed by atoms with van der Waals surface area (Å²) in [6, 6.07) is 16.7. The van der Waals surface area contributed by atoms with Crippen LogP contribution in [-0.4, -0.2) is 22.1 Å². The van der Waals surface area contributed by atoms with Crippen LogP contribution in [0.5, 0.6) is 0 Å². The fraction of sp³-hybridized carbons (Fsp3) is 0.167. The number of halogens is 1. The maximum absolute atomic E-state index is 12.7. The molecule has 9 heteroatoms. The molecule has 7 nitrogen and oxygen atoms in total. The second-order valence-electron chi connectivity index (χ2n) is 7.37.